The van der Waals surface area contributed by atoms with Gasteiger partial charge in [-0.3, -0.25) is 14.6 Å². The van der Waals surface area contributed by atoms with Crippen LogP contribution in [0.2, 0.25) is 0 Å². The third-order valence-electron chi connectivity index (χ3n) is 3.71. The number of nitrogens with one attached hydrogen (secondary N) is 1. The third-order valence-corrected chi connectivity index (χ3v) is 4.96. The average Bonchev–Trinajstić information content (AvgIpc) is 2.66. The van der Waals surface area contributed by atoms with Crippen LogP contribution >= 0.6 is 0 Å². The minimum absolute atomic E-state index is 0.00403. The van der Waals surface area contributed by atoms with Crippen molar-refractivity contribution in [3.8, 4) is 5.75 Å². The molecule has 0 aliphatic heterocycles. The molecule has 0 spiro atoms. The zero-order valence-corrected chi connectivity index (χ0v) is 16.8. The summed E-state index contributed by atoms with van der Waals surface area (Å²) in [5.74, 6) is -1.71. The van der Waals surface area contributed by atoms with E-state index in [4.69, 9.17) is 9.47 Å². The third kappa shape index (κ3) is 6.84. The summed E-state index contributed by atoms with van der Waals surface area (Å²) in [6.45, 7) is 3.33. The number of para-hydroxylation sites is 1. The van der Waals surface area contributed by atoms with Crippen molar-refractivity contribution in [1.29, 1.82) is 0 Å². The Balaban J connectivity index is 2.03. The maximum Gasteiger partial charge on any atom is 0.303 e. The Bertz CT molecular complexity index is 959. The summed E-state index contributed by atoms with van der Waals surface area (Å²) in [5.41, 5.74) is 0.718. The number of aliphatic hydroxyl groups excluding tert-OH is 1. The number of sulfonamides is 1. The Morgan fingerprint density at radius 3 is 2.55 bits per heavy atom. The van der Waals surface area contributed by atoms with Crippen molar-refractivity contribution >= 4 is 21.9 Å². The largest absolute Gasteiger partial charge is 0.493 e. The van der Waals surface area contributed by atoms with Crippen LogP contribution in [-0.4, -0.2) is 42.7 Å². The molecule has 1 amide bonds. The Hall–Kier alpha value is -2.98. The fraction of sp³-hybridized carbons (Fsp3) is 0.316. The molecular formula is C19H22N2O7S. The molecule has 0 aliphatic carbocycles. The first-order valence-electron chi connectivity index (χ1n) is 8.74. The summed E-state index contributed by atoms with van der Waals surface area (Å²) in [5, 5.41) is 10.3. The number of hydrogen-bond acceptors (Lipinski definition) is 8. The standard InChI is InChI=1S/C19H22N2O7S/c1-3-27-18-7-5-4-6-16(18)17(23)12-29(25,26)21-19(24)14-8-9-15(20-10-14)11-28-13(2)22/h4-10,17,23H,3,11-12H2,1-2H3,(H,21,24). The maximum atomic E-state index is 12.3. The van der Waals surface area contributed by atoms with E-state index in [0.29, 0.717) is 23.6 Å². The van der Waals surface area contributed by atoms with Gasteiger partial charge in [0.1, 0.15) is 12.4 Å². The van der Waals surface area contributed by atoms with E-state index in [1.807, 2.05) is 4.72 Å². The number of benzene rings is 1. The van der Waals surface area contributed by atoms with Gasteiger partial charge in [-0.2, -0.15) is 0 Å². The van der Waals surface area contributed by atoms with E-state index in [9.17, 15) is 23.1 Å². The van der Waals surface area contributed by atoms with Crippen LogP contribution in [0, 0.1) is 0 Å². The molecule has 0 aliphatic rings. The van der Waals surface area contributed by atoms with Crippen LogP contribution in [0.5, 0.6) is 5.75 Å². The molecule has 2 N–H and O–H groups in total. The van der Waals surface area contributed by atoms with Crippen LogP contribution in [0.15, 0.2) is 42.6 Å². The van der Waals surface area contributed by atoms with E-state index < -0.39 is 33.8 Å². The summed E-state index contributed by atoms with van der Waals surface area (Å²) in [4.78, 5) is 26.9. The topological polar surface area (TPSA) is 132 Å². The van der Waals surface area contributed by atoms with Gasteiger partial charge in [0.2, 0.25) is 10.0 Å². The van der Waals surface area contributed by atoms with Gasteiger partial charge in [0.05, 0.1) is 29.7 Å². The second kappa shape index (κ2) is 9.99. The zero-order chi connectivity index (χ0) is 21.4. The molecule has 10 heteroatoms. The first-order chi connectivity index (χ1) is 13.7. The van der Waals surface area contributed by atoms with Crippen LogP contribution in [-0.2, 0) is 26.2 Å². The SMILES string of the molecule is CCOc1ccccc1C(O)CS(=O)(=O)NC(=O)c1ccc(COC(C)=O)nc1. The lowest BCUT2D eigenvalue weighted by molar-refractivity contribution is -0.142. The van der Waals surface area contributed by atoms with Gasteiger partial charge in [-0.15, -0.1) is 0 Å². The van der Waals surface area contributed by atoms with Gasteiger partial charge in [-0.1, -0.05) is 18.2 Å². The summed E-state index contributed by atoms with van der Waals surface area (Å²) >= 11 is 0. The van der Waals surface area contributed by atoms with Crippen LogP contribution < -0.4 is 9.46 Å². The molecule has 0 fully saturated rings. The van der Waals surface area contributed by atoms with Crippen molar-refractivity contribution in [2.24, 2.45) is 0 Å². The Kier molecular flexibility index (Phi) is 7.68. The van der Waals surface area contributed by atoms with Crippen molar-refractivity contribution in [1.82, 2.24) is 9.71 Å². The van der Waals surface area contributed by atoms with Gasteiger partial charge >= 0.3 is 5.97 Å². The summed E-state index contributed by atoms with van der Waals surface area (Å²) in [7, 11) is -4.14. The highest BCUT2D eigenvalue weighted by atomic mass is 32.2. The lowest BCUT2D eigenvalue weighted by Crippen LogP contribution is -2.34. The van der Waals surface area contributed by atoms with Crippen molar-refractivity contribution < 1.29 is 32.6 Å². The van der Waals surface area contributed by atoms with Gasteiger partial charge in [0.25, 0.3) is 5.91 Å². The molecule has 1 aromatic carbocycles. The van der Waals surface area contributed by atoms with Gasteiger partial charge in [-0.25, -0.2) is 13.1 Å². The van der Waals surface area contributed by atoms with Crippen LogP contribution in [0.3, 0.4) is 0 Å². The lowest BCUT2D eigenvalue weighted by Gasteiger charge is -2.16. The molecule has 1 atom stereocenters. The second-order valence-electron chi connectivity index (χ2n) is 6.02. The second-order valence-corrected chi connectivity index (χ2v) is 7.78. The fourth-order valence-electron chi connectivity index (χ4n) is 2.40. The van der Waals surface area contributed by atoms with E-state index in [2.05, 4.69) is 4.98 Å². The number of hydrogen-bond donors (Lipinski definition) is 2. The van der Waals surface area contributed by atoms with E-state index in [-0.39, 0.29) is 12.2 Å². The summed E-state index contributed by atoms with van der Waals surface area (Å²) in [6.07, 6.45) is -0.211. The molecular weight excluding hydrogens is 400 g/mol. The fourth-order valence-corrected chi connectivity index (χ4v) is 3.48. The average molecular weight is 422 g/mol. The zero-order valence-electron chi connectivity index (χ0n) is 16.0. The molecule has 2 aromatic rings. The molecule has 1 heterocycles. The maximum absolute atomic E-state index is 12.3. The van der Waals surface area contributed by atoms with E-state index >= 15 is 0 Å². The molecule has 1 unspecified atom stereocenters. The van der Waals surface area contributed by atoms with Gasteiger partial charge in [-0.05, 0) is 25.1 Å². The Morgan fingerprint density at radius 2 is 1.93 bits per heavy atom. The minimum atomic E-state index is -4.14. The molecule has 0 saturated carbocycles. The van der Waals surface area contributed by atoms with Crippen molar-refractivity contribution in [3.63, 3.8) is 0 Å². The Morgan fingerprint density at radius 1 is 1.21 bits per heavy atom. The molecule has 9 nitrogen and oxygen atoms in total. The minimum Gasteiger partial charge on any atom is -0.493 e. The highest BCUT2D eigenvalue weighted by Gasteiger charge is 2.24. The van der Waals surface area contributed by atoms with E-state index in [1.54, 1.807) is 31.2 Å². The monoisotopic (exact) mass is 422 g/mol. The smallest absolute Gasteiger partial charge is 0.303 e. The van der Waals surface area contributed by atoms with Crippen LogP contribution in [0.4, 0.5) is 0 Å². The molecule has 0 radical (unpaired) electrons. The molecule has 2 rings (SSSR count). The van der Waals surface area contributed by atoms with Gasteiger partial charge in [0, 0.05) is 18.7 Å². The van der Waals surface area contributed by atoms with Crippen molar-refractivity contribution in [2.75, 3.05) is 12.4 Å². The number of pyridine rings is 1. The predicted octanol–water partition coefficient (Wildman–Crippen LogP) is 1.34. The van der Waals surface area contributed by atoms with Crippen molar-refractivity contribution in [2.45, 2.75) is 26.6 Å². The Labute approximate surface area is 168 Å². The number of amides is 1. The number of carbonyl (C=O) groups excluding carboxylic acids is 2. The van der Waals surface area contributed by atoms with Gasteiger partial charge in [0.15, 0.2) is 0 Å². The van der Waals surface area contributed by atoms with Crippen LogP contribution in [0.1, 0.15) is 41.6 Å². The first-order valence-corrected chi connectivity index (χ1v) is 10.4. The molecule has 0 bridgehead atoms. The number of aromatic nitrogens is 1. The molecule has 29 heavy (non-hydrogen) atoms. The normalized spacial score (nSPS) is 12.1. The van der Waals surface area contributed by atoms with E-state index in [1.165, 1.54) is 25.3 Å². The number of esters is 1. The number of carbonyl (C=O) groups is 2. The van der Waals surface area contributed by atoms with Crippen molar-refractivity contribution in [3.05, 3.63) is 59.4 Å². The van der Waals surface area contributed by atoms with Gasteiger partial charge < -0.3 is 14.6 Å². The molecule has 0 saturated heterocycles. The highest BCUT2D eigenvalue weighted by molar-refractivity contribution is 7.90. The highest BCUT2D eigenvalue weighted by Crippen LogP contribution is 2.26. The summed E-state index contributed by atoms with van der Waals surface area (Å²) < 4.78 is 36.7. The quantitative estimate of drug-likeness (QED) is 0.579. The van der Waals surface area contributed by atoms with E-state index in [0.717, 1.165) is 0 Å². The number of nitrogens with zero attached hydrogens (tertiary/aromatic N) is 1. The molecule has 1 aromatic heterocycles. The number of rotatable bonds is 9. The predicted molar refractivity (Wildman–Crippen MR) is 104 cm³/mol. The lowest BCUT2D eigenvalue weighted by atomic mass is 10.1. The first kappa shape index (κ1) is 22.3. The van der Waals surface area contributed by atoms with Crippen LogP contribution in [0.25, 0.3) is 0 Å². The molecule has 156 valence electrons. The number of ether oxygens (including phenoxy) is 2. The summed E-state index contributed by atoms with van der Waals surface area (Å²) in [6, 6.07) is 9.33. The number of aliphatic hydroxyl groups is 1.